The second kappa shape index (κ2) is 4.76. The van der Waals surface area contributed by atoms with Crippen LogP contribution in [0.15, 0.2) is 48.5 Å². The predicted octanol–water partition coefficient (Wildman–Crippen LogP) is 2.78. The standard InChI is InChI=1S/C16H15NO2/c1-19-15-9-5-3-7-13(15)11-17-14-8-4-2-6-12(14)10-16(17)18/h2-9H,10-11H2,1H3. The van der Waals surface area contributed by atoms with Gasteiger partial charge in [0.25, 0.3) is 0 Å². The maximum absolute atomic E-state index is 12.1. The highest BCUT2D eigenvalue weighted by atomic mass is 16.5. The van der Waals surface area contributed by atoms with Crippen molar-refractivity contribution in [2.45, 2.75) is 13.0 Å². The maximum atomic E-state index is 12.1. The van der Waals surface area contributed by atoms with Gasteiger partial charge >= 0.3 is 0 Å². The molecule has 2 aromatic carbocycles. The van der Waals surface area contributed by atoms with E-state index in [0.717, 1.165) is 22.6 Å². The summed E-state index contributed by atoms with van der Waals surface area (Å²) < 4.78 is 5.34. The minimum absolute atomic E-state index is 0.145. The molecular formula is C16H15NO2. The molecule has 0 aliphatic carbocycles. The average molecular weight is 253 g/mol. The van der Waals surface area contributed by atoms with Gasteiger partial charge in [0.05, 0.1) is 20.1 Å². The molecule has 0 fully saturated rings. The third-order valence-corrected chi connectivity index (χ3v) is 3.45. The van der Waals surface area contributed by atoms with Crippen LogP contribution in [0.2, 0.25) is 0 Å². The molecule has 2 aromatic rings. The summed E-state index contributed by atoms with van der Waals surface area (Å²) in [5, 5.41) is 0. The number of hydrogen-bond acceptors (Lipinski definition) is 2. The van der Waals surface area contributed by atoms with Crippen LogP contribution in [0.25, 0.3) is 0 Å². The van der Waals surface area contributed by atoms with Gasteiger partial charge in [0.1, 0.15) is 5.75 Å². The Balaban J connectivity index is 1.93. The Labute approximate surface area is 112 Å². The van der Waals surface area contributed by atoms with E-state index in [4.69, 9.17) is 4.74 Å². The number of amides is 1. The zero-order valence-corrected chi connectivity index (χ0v) is 10.8. The van der Waals surface area contributed by atoms with Gasteiger partial charge in [0.2, 0.25) is 5.91 Å². The minimum atomic E-state index is 0.145. The van der Waals surface area contributed by atoms with Gasteiger partial charge in [0.15, 0.2) is 0 Å². The van der Waals surface area contributed by atoms with Crippen LogP contribution in [0.4, 0.5) is 5.69 Å². The van der Waals surface area contributed by atoms with E-state index in [0.29, 0.717) is 13.0 Å². The number of rotatable bonds is 3. The number of nitrogens with zero attached hydrogens (tertiary/aromatic N) is 1. The summed E-state index contributed by atoms with van der Waals surface area (Å²) in [4.78, 5) is 13.9. The van der Waals surface area contributed by atoms with Crippen molar-refractivity contribution in [3.8, 4) is 5.75 Å². The highest BCUT2D eigenvalue weighted by Crippen LogP contribution is 2.31. The highest BCUT2D eigenvalue weighted by molar-refractivity contribution is 6.01. The summed E-state index contributed by atoms with van der Waals surface area (Å²) >= 11 is 0. The van der Waals surface area contributed by atoms with Gasteiger partial charge in [-0.1, -0.05) is 36.4 Å². The lowest BCUT2D eigenvalue weighted by atomic mass is 10.1. The van der Waals surface area contributed by atoms with Gasteiger partial charge in [-0.25, -0.2) is 0 Å². The van der Waals surface area contributed by atoms with E-state index in [9.17, 15) is 4.79 Å². The number of carbonyl (C=O) groups excluding carboxylic acids is 1. The lowest BCUT2D eigenvalue weighted by molar-refractivity contribution is -0.117. The van der Waals surface area contributed by atoms with Crippen LogP contribution in [0.3, 0.4) is 0 Å². The average Bonchev–Trinajstić information content (AvgIpc) is 2.76. The normalized spacial score (nSPS) is 13.5. The Morgan fingerprint density at radius 2 is 1.84 bits per heavy atom. The second-order valence-electron chi connectivity index (χ2n) is 4.60. The predicted molar refractivity (Wildman–Crippen MR) is 74.3 cm³/mol. The molecule has 0 aromatic heterocycles. The monoisotopic (exact) mass is 253 g/mol. The fourth-order valence-corrected chi connectivity index (χ4v) is 2.49. The van der Waals surface area contributed by atoms with Crippen LogP contribution in [0.1, 0.15) is 11.1 Å². The molecule has 0 radical (unpaired) electrons. The van der Waals surface area contributed by atoms with Gasteiger partial charge < -0.3 is 9.64 Å². The van der Waals surface area contributed by atoms with E-state index in [1.165, 1.54) is 0 Å². The molecule has 96 valence electrons. The fraction of sp³-hybridized carbons (Fsp3) is 0.188. The topological polar surface area (TPSA) is 29.5 Å². The molecule has 3 nitrogen and oxygen atoms in total. The van der Waals surface area contributed by atoms with Crippen molar-refractivity contribution < 1.29 is 9.53 Å². The number of para-hydroxylation sites is 2. The Kier molecular flexibility index (Phi) is 2.95. The first kappa shape index (κ1) is 11.8. The Morgan fingerprint density at radius 1 is 1.11 bits per heavy atom. The molecule has 19 heavy (non-hydrogen) atoms. The summed E-state index contributed by atoms with van der Waals surface area (Å²) in [6, 6.07) is 15.7. The first-order valence-corrected chi connectivity index (χ1v) is 6.30. The lowest BCUT2D eigenvalue weighted by Gasteiger charge is -2.19. The zero-order valence-electron chi connectivity index (χ0n) is 10.8. The quantitative estimate of drug-likeness (QED) is 0.841. The van der Waals surface area contributed by atoms with Crippen molar-refractivity contribution >= 4 is 11.6 Å². The molecule has 0 saturated carbocycles. The Morgan fingerprint density at radius 3 is 2.68 bits per heavy atom. The minimum Gasteiger partial charge on any atom is -0.496 e. The van der Waals surface area contributed by atoms with E-state index in [-0.39, 0.29) is 5.91 Å². The lowest BCUT2D eigenvalue weighted by Crippen LogP contribution is -2.26. The van der Waals surface area contributed by atoms with Crippen LogP contribution >= 0.6 is 0 Å². The van der Waals surface area contributed by atoms with Crippen molar-refractivity contribution in [1.29, 1.82) is 0 Å². The van der Waals surface area contributed by atoms with Gasteiger partial charge in [-0.3, -0.25) is 4.79 Å². The summed E-state index contributed by atoms with van der Waals surface area (Å²) in [6.07, 6.45) is 0.491. The Bertz CT molecular complexity index is 622. The molecule has 3 rings (SSSR count). The first-order valence-electron chi connectivity index (χ1n) is 6.30. The summed E-state index contributed by atoms with van der Waals surface area (Å²) in [5.41, 5.74) is 3.14. The SMILES string of the molecule is COc1ccccc1CN1C(=O)Cc2ccccc21. The molecule has 0 saturated heterocycles. The molecule has 0 atom stereocenters. The Hall–Kier alpha value is -2.29. The van der Waals surface area contributed by atoms with Crippen molar-refractivity contribution in [2.75, 3.05) is 12.0 Å². The molecule has 0 N–H and O–H groups in total. The highest BCUT2D eigenvalue weighted by Gasteiger charge is 2.27. The van der Waals surface area contributed by atoms with E-state index in [2.05, 4.69) is 0 Å². The molecule has 1 heterocycles. The van der Waals surface area contributed by atoms with Crippen molar-refractivity contribution in [3.05, 3.63) is 59.7 Å². The van der Waals surface area contributed by atoms with Crippen LogP contribution in [0, 0.1) is 0 Å². The van der Waals surface area contributed by atoms with E-state index >= 15 is 0 Å². The van der Waals surface area contributed by atoms with Crippen molar-refractivity contribution in [1.82, 2.24) is 0 Å². The van der Waals surface area contributed by atoms with E-state index in [1.54, 1.807) is 7.11 Å². The van der Waals surface area contributed by atoms with Crippen molar-refractivity contribution in [3.63, 3.8) is 0 Å². The van der Waals surface area contributed by atoms with Crippen LogP contribution < -0.4 is 9.64 Å². The smallest absolute Gasteiger partial charge is 0.231 e. The van der Waals surface area contributed by atoms with E-state index < -0.39 is 0 Å². The molecule has 3 heteroatoms. The first-order chi connectivity index (χ1) is 9.29. The number of carbonyl (C=O) groups is 1. The molecule has 0 spiro atoms. The van der Waals surface area contributed by atoms with Crippen molar-refractivity contribution in [2.24, 2.45) is 0 Å². The fourth-order valence-electron chi connectivity index (χ4n) is 2.49. The zero-order chi connectivity index (χ0) is 13.2. The summed E-state index contributed by atoms with van der Waals surface area (Å²) in [6.45, 7) is 0.555. The third-order valence-electron chi connectivity index (χ3n) is 3.45. The van der Waals surface area contributed by atoms with Crippen LogP contribution in [0.5, 0.6) is 5.75 Å². The van der Waals surface area contributed by atoms with Gasteiger partial charge in [-0.2, -0.15) is 0 Å². The molecular weight excluding hydrogens is 238 g/mol. The van der Waals surface area contributed by atoms with E-state index in [1.807, 2.05) is 53.4 Å². The third kappa shape index (κ3) is 2.08. The largest absolute Gasteiger partial charge is 0.496 e. The molecule has 0 bridgehead atoms. The number of fused-ring (bicyclic) bond motifs is 1. The van der Waals surface area contributed by atoms with Crippen LogP contribution in [-0.2, 0) is 17.8 Å². The van der Waals surface area contributed by atoms with Crippen LogP contribution in [-0.4, -0.2) is 13.0 Å². The molecule has 1 aliphatic rings. The number of ether oxygens (including phenoxy) is 1. The van der Waals surface area contributed by atoms with Gasteiger partial charge in [0, 0.05) is 11.3 Å². The molecule has 1 aliphatic heterocycles. The summed E-state index contributed by atoms with van der Waals surface area (Å²) in [5.74, 6) is 0.965. The summed E-state index contributed by atoms with van der Waals surface area (Å²) in [7, 11) is 1.65. The maximum Gasteiger partial charge on any atom is 0.231 e. The number of benzene rings is 2. The second-order valence-corrected chi connectivity index (χ2v) is 4.60. The molecule has 0 unspecified atom stereocenters. The number of hydrogen-bond donors (Lipinski definition) is 0. The van der Waals surface area contributed by atoms with Gasteiger partial charge in [-0.15, -0.1) is 0 Å². The number of anilines is 1. The van der Waals surface area contributed by atoms with Gasteiger partial charge in [-0.05, 0) is 17.7 Å². The molecule has 1 amide bonds. The number of methoxy groups -OCH3 is 1.